The van der Waals surface area contributed by atoms with Crippen LogP contribution in [0.2, 0.25) is 0 Å². The summed E-state index contributed by atoms with van der Waals surface area (Å²) in [7, 11) is 3.36. The number of anilines is 1. The molecule has 0 radical (unpaired) electrons. The van der Waals surface area contributed by atoms with Gasteiger partial charge in [-0.25, -0.2) is 4.68 Å². The minimum Gasteiger partial charge on any atom is -0.493 e. The summed E-state index contributed by atoms with van der Waals surface area (Å²) in [6, 6.07) is 15.7. The number of hydrogen-bond donors (Lipinski definition) is 2. The maximum absolute atomic E-state index is 5.62. The fraction of sp³-hybridized carbons (Fsp3) is 0.238. The van der Waals surface area contributed by atoms with E-state index in [1.165, 1.54) is 0 Å². The van der Waals surface area contributed by atoms with Crippen LogP contribution in [0.15, 0.2) is 65.9 Å². The van der Waals surface area contributed by atoms with Crippen molar-refractivity contribution in [1.29, 1.82) is 0 Å². The zero-order valence-electron chi connectivity index (χ0n) is 16.3. The molecule has 146 valence electrons. The van der Waals surface area contributed by atoms with Gasteiger partial charge < -0.3 is 20.1 Å². The normalized spacial score (nSPS) is 11.2. The van der Waals surface area contributed by atoms with E-state index in [4.69, 9.17) is 9.47 Å². The van der Waals surface area contributed by atoms with Crippen molar-refractivity contribution in [2.24, 2.45) is 4.99 Å². The fourth-order valence-electron chi connectivity index (χ4n) is 2.70. The molecule has 3 aromatic rings. The highest BCUT2D eigenvalue weighted by molar-refractivity contribution is 5.93. The smallest absolute Gasteiger partial charge is 0.195 e. The molecule has 0 fully saturated rings. The Kier molecular flexibility index (Phi) is 6.51. The van der Waals surface area contributed by atoms with Gasteiger partial charge in [-0.05, 0) is 31.2 Å². The SMILES string of the molecule is CCOc1cc(NC(=NC)NCc2cnn(-c3ccccc3)c2)ccc1OC. The zero-order chi connectivity index (χ0) is 19.8. The molecule has 1 heterocycles. The molecule has 7 nitrogen and oxygen atoms in total. The molecule has 2 aromatic carbocycles. The largest absolute Gasteiger partial charge is 0.493 e. The highest BCUT2D eigenvalue weighted by atomic mass is 16.5. The van der Waals surface area contributed by atoms with Crippen LogP contribution in [-0.4, -0.2) is 36.5 Å². The van der Waals surface area contributed by atoms with Crippen LogP contribution >= 0.6 is 0 Å². The molecular weight excluding hydrogens is 354 g/mol. The third kappa shape index (κ3) is 4.82. The van der Waals surface area contributed by atoms with E-state index >= 15 is 0 Å². The van der Waals surface area contributed by atoms with Gasteiger partial charge in [-0.3, -0.25) is 4.99 Å². The Balaban J connectivity index is 1.63. The first-order valence-electron chi connectivity index (χ1n) is 9.11. The summed E-state index contributed by atoms with van der Waals surface area (Å²) in [4.78, 5) is 4.28. The monoisotopic (exact) mass is 379 g/mol. The molecule has 1 aromatic heterocycles. The standard InChI is InChI=1S/C21H25N5O2/c1-4-28-20-12-17(10-11-19(20)27-3)25-21(22-2)23-13-16-14-24-26(15-16)18-8-6-5-7-9-18/h5-12,14-15H,4,13H2,1-3H3,(H2,22,23,25). The minimum absolute atomic E-state index is 0.568. The molecule has 28 heavy (non-hydrogen) atoms. The number of aromatic nitrogens is 2. The average molecular weight is 379 g/mol. The predicted molar refractivity (Wildman–Crippen MR) is 112 cm³/mol. The van der Waals surface area contributed by atoms with Gasteiger partial charge in [0.05, 0.1) is 25.6 Å². The first-order chi connectivity index (χ1) is 13.7. The molecule has 0 unspecified atom stereocenters. The van der Waals surface area contributed by atoms with Crippen molar-refractivity contribution >= 4 is 11.6 Å². The summed E-state index contributed by atoms with van der Waals surface area (Å²) in [5, 5.41) is 11.0. The fourth-order valence-corrected chi connectivity index (χ4v) is 2.70. The summed E-state index contributed by atoms with van der Waals surface area (Å²) < 4.78 is 12.8. The third-order valence-corrected chi connectivity index (χ3v) is 4.07. The molecule has 2 N–H and O–H groups in total. The van der Waals surface area contributed by atoms with Crippen molar-refractivity contribution in [3.8, 4) is 17.2 Å². The first-order valence-corrected chi connectivity index (χ1v) is 9.11. The minimum atomic E-state index is 0.568. The van der Waals surface area contributed by atoms with E-state index in [0.29, 0.717) is 30.6 Å². The molecule has 0 saturated carbocycles. The molecule has 0 aliphatic rings. The average Bonchev–Trinajstić information content (AvgIpc) is 3.21. The van der Waals surface area contributed by atoms with Gasteiger partial charge in [0.2, 0.25) is 0 Å². The Bertz CT molecular complexity index is 922. The lowest BCUT2D eigenvalue weighted by Gasteiger charge is -2.14. The Morgan fingerprint density at radius 1 is 1.14 bits per heavy atom. The second-order valence-corrected chi connectivity index (χ2v) is 5.98. The van der Waals surface area contributed by atoms with Gasteiger partial charge in [-0.15, -0.1) is 0 Å². The van der Waals surface area contributed by atoms with Gasteiger partial charge in [-0.1, -0.05) is 18.2 Å². The number of nitrogens with one attached hydrogen (secondary N) is 2. The van der Waals surface area contributed by atoms with Crippen LogP contribution in [0.25, 0.3) is 5.69 Å². The van der Waals surface area contributed by atoms with Crippen LogP contribution in [0.4, 0.5) is 5.69 Å². The van der Waals surface area contributed by atoms with Crippen molar-refractivity contribution in [3.05, 3.63) is 66.5 Å². The second-order valence-electron chi connectivity index (χ2n) is 5.98. The van der Waals surface area contributed by atoms with Crippen molar-refractivity contribution in [2.75, 3.05) is 26.1 Å². The zero-order valence-corrected chi connectivity index (χ0v) is 16.3. The van der Waals surface area contributed by atoms with Crippen LogP contribution in [-0.2, 0) is 6.54 Å². The van der Waals surface area contributed by atoms with E-state index in [0.717, 1.165) is 16.9 Å². The van der Waals surface area contributed by atoms with Gasteiger partial charge >= 0.3 is 0 Å². The lowest BCUT2D eigenvalue weighted by molar-refractivity contribution is 0.311. The maximum atomic E-state index is 5.62. The molecule has 0 aliphatic carbocycles. The van der Waals surface area contributed by atoms with Gasteiger partial charge in [0.15, 0.2) is 17.5 Å². The van der Waals surface area contributed by atoms with E-state index in [-0.39, 0.29) is 0 Å². The number of hydrogen-bond acceptors (Lipinski definition) is 4. The topological polar surface area (TPSA) is 72.7 Å². The van der Waals surface area contributed by atoms with Gasteiger partial charge in [-0.2, -0.15) is 5.10 Å². The highest BCUT2D eigenvalue weighted by Gasteiger charge is 2.07. The number of methoxy groups -OCH3 is 1. The lowest BCUT2D eigenvalue weighted by Crippen LogP contribution is -2.30. The predicted octanol–water partition coefficient (Wildman–Crippen LogP) is 3.47. The summed E-state index contributed by atoms with van der Waals surface area (Å²) in [5.41, 5.74) is 2.94. The first kappa shape index (κ1) is 19.3. The quantitative estimate of drug-likeness (QED) is 0.486. The molecule has 0 saturated heterocycles. The van der Waals surface area contributed by atoms with Crippen molar-refractivity contribution < 1.29 is 9.47 Å². The molecule has 0 atom stereocenters. The highest BCUT2D eigenvalue weighted by Crippen LogP contribution is 2.30. The van der Waals surface area contributed by atoms with E-state index < -0.39 is 0 Å². The summed E-state index contributed by atoms with van der Waals surface area (Å²) in [5.74, 6) is 2.04. The number of rotatable bonds is 7. The summed E-state index contributed by atoms with van der Waals surface area (Å²) >= 11 is 0. The summed E-state index contributed by atoms with van der Waals surface area (Å²) in [6.07, 6.45) is 3.84. The van der Waals surface area contributed by atoms with Gasteiger partial charge in [0.1, 0.15) is 0 Å². The third-order valence-electron chi connectivity index (χ3n) is 4.07. The van der Waals surface area contributed by atoms with E-state index in [9.17, 15) is 0 Å². The van der Waals surface area contributed by atoms with Crippen LogP contribution in [0.3, 0.4) is 0 Å². The number of aliphatic imine (C=N–C) groups is 1. The molecule has 0 bridgehead atoms. The van der Waals surface area contributed by atoms with Crippen LogP contribution in [0, 0.1) is 0 Å². The Hall–Kier alpha value is -3.48. The van der Waals surface area contributed by atoms with Crippen molar-refractivity contribution in [1.82, 2.24) is 15.1 Å². The molecular formula is C21H25N5O2. The van der Waals surface area contributed by atoms with Crippen LogP contribution < -0.4 is 20.1 Å². The van der Waals surface area contributed by atoms with Gasteiger partial charge in [0.25, 0.3) is 0 Å². The maximum Gasteiger partial charge on any atom is 0.195 e. The molecule has 3 rings (SSSR count). The number of guanidine groups is 1. The second kappa shape index (κ2) is 9.45. The Labute approximate surface area is 165 Å². The molecule has 0 amide bonds. The number of nitrogens with zero attached hydrogens (tertiary/aromatic N) is 3. The summed E-state index contributed by atoms with van der Waals surface area (Å²) in [6.45, 7) is 3.11. The Morgan fingerprint density at radius 2 is 1.96 bits per heavy atom. The van der Waals surface area contributed by atoms with E-state index in [1.54, 1.807) is 14.2 Å². The van der Waals surface area contributed by atoms with E-state index in [1.807, 2.05) is 72.5 Å². The van der Waals surface area contributed by atoms with Crippen LogP contribution in [0.5, 0.6) is 11.5 Å². The Morgan fingerprint density at radius 3 is 2.68 bits per heavy atom. The van der Waals surface area contributed by atoms with E-state index in [2.05, 4.69) is 20.7 Å². The van der Waals surface area contributed by atoms with Gasteiger partial charge in [0, 0.05) is 37.1 Å². The molecule has 0 spiro atoms. The number of ether oxygens (including phenoxy) is 2. The lowest BCUT2D eigenvalue weighted by atomic mass is 10.2. The molecule has 7 heteroatoms. The number of benzene rings is 2. The number of para-hydroxylation sites is 1. The van der Waals surface area contributed by atoms with Crippen LogP contribution in [0.1, 0.15) is 12.5 Å². The van der Waals surface area contributed by atoms with Crippen molar-refractivity contribution in [2.45, 2.75) is 13.5 Å². The van der Waals surface area contributed by atoms with Crippen molar-refractivity contribution in [3.63, 3.8) is 0 Å². The molecule has 0 aliphatic heterocycles.